The van der Waals surface area contributed by atoms with E-state index in [1.807, 2.05) is 0 Å². The number of aromatic nitrogens is 5. The normalized spacial score (nSPS) is 17.0. The van der Waals surface area contributed by atoms with Crippen LogP contribution in [-0.4, -0.2) is 35.8 Å². The Morgan fingerprint density at radius 1 is 1.23 bits per heavy atom. The zero-order chi connectivity index (χ0) is 22.0. The van der Waals surface area contributed by atoms with E-state index in [1.165, 1.54) is 17.9 Å². The molecule has 13 heteroatoms. The monoisotopic (exact) mass is 449 g/mol. The first-order valence-electron chi connectivity index (χ1n) is 8.64. The number of hydrogen-bond donors (Lipinski definition) is 1. The Hall–Kier alpha value is -2.60. The topological polar surface area (TPSA) is 85.8 Å². The molecule has 1 unspecified atom stereocenters. The van der Waals surface area contributed by atoms with Crippen LogP contribution in [0.3, 0.4) is 0 Å². The van der Waals surface area contributed by atoms with E-state index < -0.39 is 45.7 Å². The molecule has 1 atom stereocenters. The fourth-order valence-electron chi connectivity index (χ4n) is 3.33. The highest BCUT2D eigenvalue weighted by molar-refractivity contribution is 6.31. The van der Waals surface area contributed by atoms with Crippen molar-refractivity contribution in [1.82, 2.24) is 24.3 Å². The van der Waals surface area contributed by atoms with Crippen molar-refractivity contribution in [3.8, 4) is 0 Å². The lowest BCUT2D eigenvalue weighted by atomic mass is 9.90. The van der Waals surface area contributed by atoms with Crippen molar-refractivity contribution in [2.24, 2.45) is 7.05 Å². The SMILES string of the molecule is Cn1nc2c(=O)n(C3CC3)cnc2c1C(O)(c1cnc(C(F)(F)F)c(Cl)c1)C(F)F. The molecule has 1 saturated carbocycles. The summed E-state index contributed by atoms with van der Waals surface area (Å²) in [5, 5.41) is 13.9. The zero-order valence-corrected chi connectivity index (χ0v) is 15.9. The molecule has 0 bridgehead atoms. The predicted molar refractivity (Wildman–Crippen MR) is 94.3 cm³/mol. The molecule has 3 aromatic rings. The molecule has 1 aliphatic carbocycles. The lowest BCUT2D eigenvalue weighted by Gasteiger charge is -2.28. The van der Waals surface area contributed by atoms with Gasteiger partial charge >= 0.3 is 6.18 Å². The Labute approximate surface area is 169 Å². The van der Waals surface area contributed by atoms with Gasteiger partial charge in [-0.15, -0.1) is 0 Å². The molecule has 0 saturated heterocycles. The summed E-state index contributed by atoms with van der Waals surface area (Å²) in [7, 11) is 1.21. The van der Waals surface area contributed by atoms with Gasteiger partial charge in [0.2, 0.25) is 0 Å². The molecule has 7 nitrogen and oxygen atoms in total. The fourth-order valence-corrected chi connectivity index (χ4v) is 3.61. The maximum Gasteiger partial charge on any atom is 0.434 e. The van der Waals surface area contributed by atoms with Crippen LogP contribution >= 0.6 is 11.6 Å². The third-order valence-electron chi connectivity index (χ3n) is 4.94. The van der Waals surface area contributed by atoms with Crippen LogP contribution in [0.25, 0.3) is 11.0 Å². The van der Waals surface area contributed by atoms with E-state index in [4.69, 9.17) is 11.6 Å². The Kier molecular flexibility index (Phi) is 4.62. The fraction of sp³-hybridized carbons (Fsp3) is 0.412. The third kappa shape index (κ3) is 3.05. The summed E-state index contributed by atoms with van der Waals surface area (Å²) in [6, 6.07) is 0.514. The smallest absolute Gasteiger partial charge is 0.373 e. The first kappa shape index (κ1) is 20.7. The average Bonchev–Trinajstić information content (AvgIpc) is 3.42. The van der Waals surface area contributed by atoms with Gasteiger partial charge < -0.3 is 5.11 Å². The number of halogens is 6. The van der Waals surface area contributed by atoms with Gasteiger partial charge in [0.05, 0.1) is 11.3 Å². The van der Waals surface area contributed by atoms with E-state index in [9.17, 15) is 31.9 Å². The number of pyridine rings is 1. The van der Waals surface area contributed by atoms with E-state index in [2.05, 4.69) is 15.1 Å². The summed E-state index contributed by atoms with van der Waals surface area (Å²) in [5.41, 5.74) is -7.02. The van der Waals surface area contributed by atoms with Crippen molar-refractivity contribution in [1.29, 1.82) is 0 Å². The molecule has 4 rings (SSSR count). The van der Waals surface area contributed by atoms with Crippen molar-refractivity contribution in [3.63, 3.8) is 0 Å². The zero-order valence-electron chi connectivity index (χ0n) is 15.2. The van der Waals surface area contributed by atoms with Gasteiger partial charge in [-0.05, 0) is 18.9 Å². The molecule has 30 heavy (non-hydrogen) atoms. The molecule has 1 N–H and O–H groups in total. The van der Waals surface area contributed by atoms with Gasteiger partial charge in [-0.2, -0.15) is 18.3 Å². The minimum absolute atomic E-state index is 0.0493. The van der Waals surface area contributed by atoms with Gasteiger partial charge in [0.15, 0.2) is 16.8 Å². The highest BCUT2D eigenvalue weighted by atomic mass is 35.5. The average molecular weight is 450 g/mol. The molecule has 3 aromatic heterocycles. The van der Waals surface area contributed by atoms with Crippen LogP contribution in [0.2, 0.25) is 5.02 Å². The highest BCUT2D eigenvalue weighted by Gasteiger charge is 2.48. The van der Waals surface area contributed by atoms with Crippen molar-refractivity contribution >= 4 is 22.6 Å². The third-order valence-corrected chi connectivity index (χ3v) is 5.23. The van der Waals surface area contributed by atoms with Gasteiger partial charge in [-0.1, -0.05) is 11.6 Å². The van der Waals surface area contributed by atoms with Crippen molar-refractivity contribution < 1.29 is 27.1 Å². The molecule has 0 aliphatic heterocycles. The number of hydrogen-bond acceptors (Lipinski definition) is 5. The van der Waals surface area contributed by atoms with Crippen LogP contribution in [0.5, 0.6) is 0 Å². The highest BCUT2D eigenvalue weighted by Crippen LogP contribution is 2.41. The maximum absolute atomic E-state index is 14.1. The van der Waals surface area contributed by atoms with Crippen LogP contribution in [0.15, 0.2) is 23.4 Å². The van der Waals surface area contributed by atoms with E-state index in [1.54, 1.807) is 0 Å². The molecule has 0 spiro atoms. The first-order chi connectivity index (χ1) is 14.0. The summed E-state index contributed by atoms with van der Waals surface area (Å²) in [5.74, 6) is 0. The van der Waals surface area contributed by atoms with Crippen LogP contribution in [0, 0.1) is 0 Å². The van der Waals surface area contributed by atoms with Crippen LogP contribution in [0.1, 0.15) is 35.8 Å². The first-order valence-corrected chi connectivity index (χ1v) is 9.02. The number of aliphatic hydroxyl groups is 1. The molecule has 0 aromatic carbocycles. The molecular formula is C17H13ClF5N5O2. The quantitative estimate of drug-likeness (QED) is 0.619. The molecular weight excluding hydrogens is 437 g/mol. The van der Waals surface area contributed by atoms with Gasteiger partial charge in [0, 0.05) is 24.8 Å². The largest absolute Gasteiger partial charge is 0.434 e. The number of rotatable bonds is 4. The lowest BCUT2D eigenvalue weighted by Crippen LogP contribution is -2.38. The van der Waals surface area contributed by atoms with E-state index >= 15 is 0 Å². The van der Waals surface area contributed by atoms with Gasteiger partial charge in [0.1, 0.15) is 11.2 Å². The Morgan fingerprint density at radius 3 is 2.43 bits per heavy atom. The van der Waals surface area contributed by atoms with E-state index in [0.717, 1.165) is 17.5 Å². The molecule has 160 valence electrons. The van der Waals surface area contributed by atoms with Crippen LogP contribution < -0.4 is 5.56 Å². The number of fused-ring (bicyclic) bond motifs is 1. The minimum atomic E-state index is -4.91. The standard InChI is InChI=1S/C17H13ClF5N5O2/c1-27-13(10-11(26-27)14(29)28(6-25-10)8-2-3-8)16(30,15(19)20)7-4-9(18)12(24-5-7)17(21,22)23/h4-6,8,15,30H,2-3H2,1H3. The van der Waals surface area contributed by atoms with Crippen molar-refractivity contribution in [2.75, 3.05) is 0 Å². The maximum atomic E-state index is 14.1. The second-order valence-electron chi connectivity index (χ2n) is 6.98. The van der Waals surface area contributed by atoms with E-state index in [-0.39, 0.29) is 17.1 Å². The number of aryl methyl sites for hydroxylation is 1. The summed E-state index contributed by atoms with van der Waals surface area (Å²) in [4.78, 5) is 19.8. The second-order valence-corrected chi connectivity index (χ2v) is 7.38. The Balaban J connectivity index is 1.95. The van der Waals surface area contributed by atoms with Crippen molar-refractivity contribution in [3.05, 3.63) is 50.9 Å². The van der Waals surface area contributed by atoms with Gasteiger partial charge in [0.25, 0.3) is 12.0 Å². The van der Waals surface area contributed by atoms with Crippen LogP contribution in [-0.2, 0) is 18.8 Å². The molecule has 1 aliphatic rings. The minimum Gasteiger partial charge on any atom is -0.373 e. The molecule has 0 radical (unpaired) electrons. The summed E-state index contributed by atoms with van der Waals surface area (Å²) in [6.45, 7) is 0. The number of alkyl halides is 5. The molecule has 0 amide bonds. The summed E-state index contributed by atoms with van der Waals surface area (Å²) < 4.78 is 69.2. The lowest BCUT2D eigenvalue weighted by molar-refractivity contribution is -0.141. The van der Waals surface area contributed by atoms with Gasteiger partial charge in [-0.3, -0.25) is 14.0 Å². The van der Waals surface area contributed by atoms with Crippen molar-refractivity contribution in [2.45, 2.75) is 37.1 Å². The van der Waals surface area contributed by atoms with Gasteiger partial charge in [-0.25, -0.2) is 18.7 Å². The summed E-state index contributed by atoms with van der Waals surface area (Å²) in [6.07, 6.45) is -5.26. The Bertz CT molecular complexity index is 1200. The summed E-state index contributed by atoms with van der Waals surface area (Å²) >= 11 is 5.60. The molecule has 1 fully saturated rings. The molecule has 3 heterocycles. The van der Waals surface area contributed by atoms with Crippen LogP contribution in [0.4, 0.5) is 22.0 Å². The Morgan fingerprint density at radius 2 is 1.90 bits per heavy atom. The number of nitrogens with zero attached hydrogens (tertiary/aromatic N) is 5. The second kappa shape index (κ2) is 6.71. The van der Waals surface area contributed by atoms with E-state index in [0.29, 0.717) is 12.3 Å². The predicted octanol–water partition coefficient (Wildman–Crippen LogP) is 3.03.